The molecule has 2 amide bonds. The summed E-state index contributed by atoms with van der Waals surface area (Å²) in [6, 6.07) is 20.8. The molecule has 32 heavy (non-hydrogen) atoms. The number of para-hydroxylation sites is 1. The summed E-state index contributed by atoms with van der Waals surface area (Å²) in [7, 11) is -2.70. The minimum atomic E-state index is -4.06. The first-order valence-electron chi connectivity index (χ1n) is 9.49. The Bertz CT molecular complexity index is 1300. The van der Waals surface area contributed by atoms with E-state index in [1.165, 1.54) is 43.5 Å². The molecule has 0 saturated carbocycles. The normalized spacial score (nSPS) is 15.0. The third-order valence-corrected chi connectivity index (χ3v) is 5.88. The van der Waals surface area contributed by atoms with Crippen LogP contribution in [0.2, 0.25) is 0 Å². The number of benzene rings is 3. The van der Waals surface area contributed by atoms with E-state index in [4.69, 9.17) is 8.92 Å². The highest BCUT2D eigenvalue weighted by Gasteiger charge is 2.34. The van der Waals surface area contributed by atoms with Crippen molar-refractivity contribution in [1.29, 1.82) is 0 Å². The third-order valence-electron chi connectivity index (χ3n) is 4.64. The summed E-state index contributed by atoms with van der Waals surface area (Å²) >= 11 is 0. The first kappa shape index (κ1) is 21.1. The molecule has 0 bridgehead atoms. The van der Waals surface area contributed by atoms with Gasteiger partial charge in [-0.15, -0.1) is 0 Å². The van der Waals surface area contributed by atoms with Crippen LogP contribution in [-0.2, 0) is 19.7 Å². The maximum absolute atomic E-state index is 12.7. The number of ether oxygens (including phenoxy) is 1. The second-order valence-corrected chi connectivity index (χ2v) is 8.28. The molecule has 0 aromatic heterocycles. The van der Waals surface area contributed by atoms with Crippen molar-refractivity contribution in [2.45, 2.75) is 4.90 Å². The molecule has 0 aliphatic carbocycles. The van der Waals surface area contributed by atoms with E-state index in [1.54, 1.807) is 48.5 Å². The molecule has 1 heterocycles. The van der Waals surface area contributed by atoms with Crippen LogP contribution in [0, 0.1) is 0 Å². The Balaban J connectivity index is 1.61. The molecule has 8 nitrogen and oxygen atoms in total. The van der Waals surface area contributed by atoms with Crippen molar-refractivity contribution in [2.24, 2.45) is 0 Å². The number of anilines is 1. The van der Waals surface area contributed by atoms with Gasteiger partial charge < -0.3 is 8.92 Å². The van der Waals surface area contributed by atoms with Crippen LogP contribution in [-0.4, -0.2) is 27.3 Å². The first-order chi connectivity index (χ1) is 15.4. The lowest BCUT2D eigenvalue weighted by Gasteiger charge is -2.14. The van der Waals surface area contributed by atoms with Gasteiger partial charge in [0.25, 0.3) is 11.8 Å². The van der Waals surface area contributed by atoms with E-state index in [0.29, 0.717) is 11.3 Å². The number of methoxy groups -OCH3 is 1. The number of nitrogens with one attached hydrogen (secondary N) is 1. The van der Waals surface area contributed by atoms with E-state index in [0.717, 1.165) is 5.01 Å². The molecule has 1 saturated heterocycles. The van der Waals surface area contributed by atoms with Gasteiger partial charge in [0, 0.05) is 0 Å². The predicted octanol–water partition coefficient (Wildman–Crippen LogP) is 2.92. The van der Waals surface area contributed by atoms with Crippen molar-refractivity contribution in [3.63, 3.8) is 0 Å². The van der Waals surface area contributed by atoms with Crippen molar-refractivity contribution >= 4 is 33.7 Å². The second-order valence-electron chi connectivity index (χ2n) is 6.74. The number of carbonyl (C=O) groups excluding carboxylic acids is 2. The lowest BCUT2D eigenvalue weighted by molar-refractivity contribution is -0.117. The van der Waals surface area contributed by atoms with Crippen molar-refractivity contribution in [1.82, 2.24) is 5.43 Å². The van der Waals surface area contributed by atoms with Crippen LogP contribution in [0.1, 0.15) is 5.56 Å². The van der Waals surface area contributed by atoms with Gasteiger partial charge in [-0.25, -0.2) is 5.01 Å². The largest absolute Gasteiger partial charge is 0.493 e. The summed E-state index contributed by atoms with van der Waals surface area (Å²) in [5.41, 5.74) is 3.44. The number of rotatable bonds is 6. The van der Waals surface area contributed by atoms with Crippen molar-refractivity contribution in [3.8, 4) is 11.5 Å². The van der Waals surface area contributed by atoms with Gasteiger partial charge in [-0.3, -0.25) is 15.0 Å². The van der Waals surface area contributed by atoms with Gasteiger partial charge in [0.2, 0.25) is 0 Å². The molecule has 4 rings (SSSR count). The van der Waals surface area contributed by atoms with Crippen LogP contribution >= 0.6 is 0 Å². The highest BCUT2D eigenvalue weighted by Crippen LogP contribution is 2.32. The molecule has 1 aliphatic rings. The van der Waals surface area contributed by atoms with Crippen LogP contribution < -0.4 is 19.4 Å². The summed E-state index contributed by atoms with van der Waals surface area (Å²) in [6.07, 6.45) is 1.40. The average molecular weight is 450 g/mol. The number of hydrogen-bond donors (Lipinski definition) is 1. The standard InChI is InChI=1S/C23H18N2O6S/c1-30-21-15-16(12-13-20(21)31-32(28,29)18-10-6-3-7-11-18)14-19-22(26)24-25(23(19)27)17-8-4-2-5-9-17/h2-15H,1H3,(H,24,26). The summed E-state index contributed by atoms with van der Waals surface area (Å²) in [5.74, 6) is -0.951. The van der Waals surface area contributed by atoms with Crippen LogP contribution in [0.3, 0.4) is 0 Å². The zero-order valence-corrected chi connectivity index (χ0v) is 17.7. The minimum Gasteiger partial charge on any atom is -0.493 e. The molecule has 1 aliphatic heterocycles. The van der Waals surface area contributed by atoms with E-state index < -0.39 is 21.9 Å². The minimum absolute atomic E-state index is 0.00229. The highest BCUT2D eigenvalue weighted by atomic mass is 32.2. The van der Waals surface area contributed by atoms with Crippen LogP contribution in [0.15, 0.2) is 89.3 Å². The van der Waals surface area contributed by atoms with Crippen molar-refractivity contribution in [3.05, 3.63) is 90.0 Å². The Morgan fingerprint density at radius 3 is 2.19 bits per heavy atom. The monoisotopic (exact) mass is 450 g/mol. The number of nitrogens with zero attached hydrogens (tertiary/aromatic N) is 1. The quantitative estimate of drug-likeness (QED) is 0.352. The fourth-order valence-electron chi connectivity index (χ4n) is 3.08. The second kappa shape index (κ2) is 8.56. The number of carbonyl (C=O) groups is 2. The summed E-state index contributed by atoms with van der Waals surface area (Å²) < 4.78 is 35.5. The number of hydrogen-bond acceptors (Lipinski definition) is 6. The van der Waals surface area contributed by atoms with Crippen LogP contribution in [0.25, 0.3) is 6.08 Å². The summed E-state index contributed by atoms with van der Waals surface area (Å²) in [5, 5.41) is 1.16. The van der Waals surface area contributed by atoms with Gasteiger partial charge in [0.05, 0.1) is 12.8 Å². The van der Waals surface area contributed by atoms with Crippen LogP contribution in [0.5, 0.6) is 11.5 Å². The Morgan fingerprint density at radius 2 is 1.53 bits per heavy atom. The molecule has 0 radical (unpaired) electrons. The lowest BCUT2D eigenvalue weighted by Crippen LogP contribution is -2.35. The molecule has 0 atom stereocenters. The Hall–Kier alpha value is -4.11. The molecular weight excluding hydrogens is 432 g/mol. The Labute approximate surface area is 184 Å². The number of hydrazine groups is 1. The van der Waals surface area contributed by atoms with Gasteiger partial charge in [-0.1, -0.05) is 42.5 Å². The van der Waals surface area contributed by atoms with E-state index in [9.17, 15) is 18.0 Å². The van der Waals surface area contributed by atoms with E-state index in [2.05, 4.69) is 5.43 Å². The summed E-state index contributed by atoms with van der Waals surface area (Å²) in [6.45, 7) is 0. The smallest absolute Gasteiger partial charge is 0.339 e. The molecule has 1 N–H and O–H groups in total. The SMILES string of the molecule is COc1cc(C=C2C(=O)NN(c3ccccc3)C2=O)ccc1OS(=O)(=O)c1ccccc1. The van der Waals surface area contributed by atoms with E-state index in [1.807, 2.05) is 0 Å². The lowest BCUT2D eigenvalue weighted by atomic mass is 10.1. The molecule has 9 heteroatoms. The fraction of sp³-hybridized carbons (Fsp3) is 0.0435. The fourth-order valence-corrected chi connectivity index (χ4v) is 4.04. The first-order valence-corrected chi connectivity index (χ1v) is 10.9. The van der Waals surface area contributed by atoms with E-state index >= 15 is 0 Å². The third kappa shape index (κ3) is 4.19. The molecule has 3 aromatic carbocycles. The van der Waals surface area contributed by atoms with Gasteiger partial charge in [-0.05, 0) is 48.0 Å². The molecular formula is C23H18N2O6S. The van der Waals surface area contributed by atoms with Gasteiger partial charge >= 0.3 is 10.1 Å². The Morgan fingerprint density at radius 1 is 0.875 bits per heavy atom. The van der Waals surface area contributed by atoms with Crippen molar-refractivity contribution < 1.29 is 26.9 Å². The molecule has 0 unspecified atom stereocenters. The van der Waals surface area contributed by atoms with E-state index in [-0.39, 0.29) is 22.0 Å². The average Bonchev–Trinajstić information content (AvgIpc) is 3.09. The van der Waals surface area contributed by atoms with Gasteiger partial charge in [-0.2, -0.15) is 8.42 Å². The Kier molecular flexibility index (Phi) is 5.65. The van der Waals surface area contributed by atoms with Gasteiger partial charge in [0.1, 0.15) is 10.5 Å². The topological polar surface area (TPSA) is 102 Å². The van der Waals surface area contributed by atoms with Crippen molar-refractivity contribution in [2.75, 3.05) is 12.1 Å². The molecule has 162 valence electrons. The molecule has 3 aromatic rings. The zero-order valence-electron chi connectivity index (χ0n) is 16.9. The van der Waals surface area contributed by atoms with Gasteiger partial charge in [0.15, 0.2) is 11.5 Å². The maximum atomic E-state index is 12.7. The van der Waals surface area contributed by atoms with Crippen LogP contribution in [0.4, 0.5) is 5.69 Å². The maximum Gasteiger partial charge on any atom is 0.339 e. The predicted molar refractivity (Wildman–Crippen MR) is 117 cm³/mol. The number of amides is 2. The molecule has 1 fully saturated rings. The molecule has 0 spiro atoms. The highest BCUT2D eigenvalue weighted by molar-refractivity contribution is 7.87. The zero-order chi connectivity index (χ0) is 22.7. The summed E-state index contributed by atoms with van der Waals surface area (Å²) in [4.78, 5) is 25.1.